The van der Waals surface area contributed by atoms with Gasteiger partial charge in [0.2, 0.25) is 5.60 Å². The third kappa shape index (κ3) is 21.5. The number of rotatable bonds is 27. The molecule has 12 heteroatoms. The van der Waals surface area contributed by atoms with E-state index in [1.165, 1.54) is 0 Å². The minimum atomic E-state index is -1.75. The molecular formula is C28H50O12. The normalized spacial score (nSPS) is 11.2. The van der Waals surface area contributed by atoms with Gasteiger partial charge < -0.3 is 39.4 Å². The van der Waals surface area contributed by atoms with E-state index in [-0.39, 0.29) is 52.1 Å². The summed E-state index contributed by atoms with van der Waals surface area (Å²) in [4.78, 5) is 49.8. The largest absolute Gasteiger partial charge is 0.461 e. The fourth-order valence-corrected chi connectivity index (χ4v) is 3.59. The van der Waals surface area contributed by atoms with Crippen molar-refractivity contribution < 1.29 is 58.6 Å². The maximum absolute atomic E-state index is 12.7. The Hall–Kier alpha value is -2.28. The molecule has 0 aliphatic rings. The molecule has 40 heavy (non-hydrogen) atoms. The first-order valence-electron chi connectivity index (χ1n) is 14.4. The van der Waals surface area contributed by atoms with Crippen LogP contribution < -0.4 is 0 Å². The summed E-state index contributed by atoms with van der Waals surface area (Å²) in [7, 11) is 0. The first-order valence-corrected chi connectivity index (χ1v) is 14.4. The predicted octanol–water partition coefficient (Wildman–Crippen LogP) is 2.11. The molecule has 0 fully saturated rings. The number of esters is 4. The van der Waals surface area contributed by atoms with Crippen molar-refractivity contribution in [3.05, 3.63) is 0 Å². The molecule has 0 aromatic carbocycles. The van der Waals surface area contributed by atoms with Crippen LogP contribution in [0.4, 0.5) is 0 Å². The van der Waals surface area contributed by atoms with Crippen molar-refractivity contribution in [2.75, 3.05) is 46.2 Å². The summed E-state index contributed by atoms with van der Waals surface area (Å²) in [5.41, 5.74) is -1.75. The third-order valence-corrected chi connectivity index (χ3v) is 5.98. The van der Waals surface area contributed by atoms with Crippen molar-refractivity contribution in [2.45, 2.75) is 108 Å². The van der Waals surface area contributed by atoms with Gasteiger partial charge in [0.15, 0.2) is 0 Å². The number of aliphatic hydroxyl groups excluding tert-OH is 4. The number of aliphatic hydroxyl groups is 4. The van der Waals surface area contributed by atoms with Crippen LogP contribution in [0.1, 0.15) is 103 Å². The highest BCUT2D eigenvalue weighted by atomic mass is 16.6. The van der Waals surface area contributed by atoms with Gasteiger partial charge in [-0.05, 0) is 51.4 Å². The van der Waals surface area contributed by atoms with E-state index in [1.54, 1.807) is 0 Å². The van der Waals surface area contributed by atoms with Crippen molar-refractivity contribution in [3.8, 4) is 0 Å². The average molecular weight is 579 g/mol. The summed E-state index contributed by atoms with van der Waals surface area (Å²) in [6.07, 6.45) is 6.76. The molecule has 0 aromatic heterocycles. The maximum Gasteiger partial charge on any atom is 0.306 e. The molecular weight excluding hydrogens is 528 g/mol. The van der Waals surface area contributed by atoms with Gasteiger partial charge in [0, 0.05) is 52.1 Å². The summed E-state index contributed by atoms with van der Waals surface area (Å²) >= 11 is 0. The predicted molar refractivity (Wildman–Crippen MR) is 144 cm³/mol. The second-order valence-corrected chi connectivity index (χ2v) is 9.78. The molecule has 0 saturated carbocycles. The Kier molecular flexibility index (Phi) is 24.2. The highest BCUT2D eigenvalue weighted by molar-refractivity contribution is 5.72. The van der Waals surface area contributed by atoms with Crippen LogP contribution in [0, 0.1) is 0 Å². The Labute approximate surface area is 237 Å². The number of hydrogen-bond acceptors (Lipinski definition) is 12. The van der Waals surface area contributed by atoms with E-state index in [0.29, 0.717) is 77.0 Å². The zero-order valence-corrected chi connectivity index (χ0v) is 23.8. The Morgan fingerprint density at radius 1 is 0.400 bits per heavy atom. The van der Waals surface area contributed by atoms with Crippen molar-refractivity contribution >= 4 is 23.9 Å². The van der Waals surface area contributed by atoms with Gasteiger partial charge in [-0.1, -0.05) is 25.7 Å². The van der Waals surface area contributed by atoms with Crippen LogP contribution in [-0.2, 0) is 38.1 Å². The molecule has 0 bridgehead atoms. The van der Waals surface area contributed by atoms with E-state index < -0.39 is 49.3 Å². The first kappa shape index (κ1) is 37.7. The van der Waals surface area contributed by atoms with E-state index >= 15 is 0 Å². The Morgan fingerprint density at radius 3 is 0.950 bits per heavy atom. The molecule has 0 unspecified atom stereocenters. The number of carbonyl (C=O) groups is 4. The topological polar surface area (TPSA) is 186 Å². The fraction of sp³-hybridized carbons (Fsp3) is 0.857. The maximum atomic E-state index is 12.7. The van der Waals surface area contributed by atoms with E-state index in [2.05, 4.69) is 0 Å². The lowest BCUT2D eigenvalue weighted by Crippen LogP contribution is -2.50. The second-order valence-electron chi connectivity index (χ2n) is 9.78. The van der Waals surface area contributed by atoms with Gasteiger partial charge in [0.25, 0.3) is 0 Å². The molecule has 0 radical (unpaired) electrons. The van der Waals surface area contributed by atoms with Gasteiger partial charge in [-0.15, -0.1) is 0 Å². The molecule has 0 rings (SSSR count). The zero-order chi connectivity index (χ0) is 29.9. The van der Waals surface area contributed by atoms with Crippen LogP contribution in [0.3, 0.4) is 0 Å². The highest BCUT2D eigenvalue weighted by Gasteiger charge is 2.40. The summed E-state index contributed by atoms with van der Waals surface area (Å²) in [6.45, 7) is -1.44. The zero-order valence-electron chi connectivity index (χ0n) is 23.8. The van der Waals surface area contributed by atoms with E-state index in [4.69, 9.17) is 39.4 Å². The molecule has 0 aliphatic carbocycles. The Bertz CT molecular complexity index is 613. The smallest absolute Gasteiger partial charge is 0.306 e. The van der Waals surface area contributed by atoms with Crippen molar-refractivity contribution in [2.24, 2.45) is 0 Å². The van der Waals surface area contributed by atoms with E-state index in [1.807, 2.05) is 0 Å². The van der Waals surface area contributed by atoms with Crippen LogP contribution >= 0.6 is 0 Å². The molecule has 4 N–H and O–H groups in total. The minimum Gasteiger partial charge on any atom is -0.461 e. The third-order valence-electron chi connectivity index (χ3n) is 5.98. The summed E-state index contributed by atoms with van der Waals surface area (Å²) < 4.78 is 21.8. The molecule has 0 aliphatic heterocycles. The second kappa shape index (κ2) is 25.7. The number of unbranched alkanes of at least 4 members (excludes halogenated alkanes) is 8. The quantitative estimate of drug-likeness (QED) is 0.0633. The Balaban J connectivity index is 5.49. The molecule has 0 saturated heterocycles. The summed E-state index contributed by atoms with van der Waals surface area (Å²) in [5, 5.41) is 35.7. The van der Waals surface area contributed by atoms with Gasteiger partial charge in [-0.3, -0.25) is 19.2 Å². The molecule has 234 valence electrons. The number of carbonyl (C=O) groups excluding carboxylic acids is 4. The van der Waals surface area contributed by atoms with Crippen LogP contribution in [-0.4, -0.2) is 96.2 Å². The van der Waals surface area contributed by atoms with Gasteiger partial charge >= 0.3 is 23.9 Å². The highest BCUT2D eigenvalue weighted by Crippen LogP contribution is 2.19. The standard InChI is InChI=1S/C28H50O12/c29-17-9-1-5-13-24(33)37-21-28(40-27(36)16-8-4-12-20-32,22-38-25(34)14-6-2-10-18-30)23-39-26(35)15-7-3-11-19-31/h29-32H,1-23H2. The molecule has 0 atom stereocenters. The number of hydrogen-bond donors (Lipinski definition) is 4. The summed E-state index contributed by atoms with van der Waals surface area (Å²) in [6, 6.07) is 0. The lowest BCUT2D eigenvalue weighted by Gasteiger charge is -2.32. The average Bonchev–Trinajstić information content (AvgIpc) is 2.94. The van der Waals surface area contributed by atoms with Crippen molar-refractivity contribution in [1.29, 1.82) is 0 Å². The van der Waals surface area contributed by atoms with Gasteiger partial charge in [0.05, 0.1) is 0 Å². The first-order chi connectivity index (χ1) is 19.3. The summed E-state index contributed by atoms with van der Waals surface area (Å²) in [5.74, 6) is -2.39. The van der Waals surface area contributed by atoms with Crippen LogP contribution in [0.2, 0.25) is 0 Å². The minimum absolute atomic E-state index is 0.00106. The molecule has 0 amide bonds. The molecule has 0 spiro atoms. The molecule has 0 aromatic rings. The Morgan fingerprint density at radius 2 is 0.675 bits per heavy atom. The van der Waals surface area contributed by atoms with E-state index in [9.17, 15) is 19.2 Å². The van der Waals surface area contributed by atoms with Crippen LogP contribution in [0.15, 0.2) is 0 Å². The number of ether oxygens (including phenoxy) is 4. The lowest BCUT2D eigenvalue weighted by atomic mass is 10.1. The molecule has 12 nitrogen and oxygen atoms in total. The van der Waals surface area contributed by atoms with Crippen molar-refractivity contribution in [1.82, 2.24) is 0 Å². The van der Waals surface area contributed by atoms with Gasteiger partial charge in [-0.2, -0.15) is 0 Å². The lowest BCUT2D eigenvalue weighted by molar-refractivity contribution is -0.196. The van der Waals surface area contributed by atoms with Crippen LogP contribution in [0.25, 0.3) is 0 Å². The van der Waals surface area contributed by atoms with Crippen LogP contribution in [0.5, 0.6) is 0 Å². The van der Waals surface area contributed by atoms with Crippen molar-refractivity contribution in [3.63, 3.8) is 0 Å². The van der Waals surface area contributed by atoms with E-state index in [0.717, 1.165) is 0 Å². The van der Waals surface area contributed by atoms with Gasteiger partial charge in [0.1, 0.15) is 19.8 Å². The SMILES string of the molecule is O=C(CCCCCO)OCC(COC(=O)CCCCCO)(COC(=O)CCCCCO)OC(=O)CCCCCO. The fourth-order valence-electron chi connectivity index (χ4n) is 3.59. The monoisotopic (exact) mass is 578 g/mol. The molecule has 0 heterocycles. The van der Waals surface area contributed by atoms with Gasteiger partial charge in [-0.25, -0.2) is 0 Å².